The summed E-state index contributed by atoms with van der Waals surface area (Å²) in [7, 11) is 7.62. The number of carbonyl (C=O) groups excluding carboxylic acids is 4. The van der Waals surface area contributed by atoms with Crippen molar-refractivity contribution in [1.29, 1.82) is 0 Å². The molecule has 1 atom stereocenters. The summed E-state index contributed by atoms with van der Waals surface area (Å²) in [6.07, 6.45) is 1.44. The minimum Gasteiger partial charge on any atom is -0.465 e. The molecule has 0 aromatic heterocycles. The molecule has 0 amide bonds. The molecule has 13 heteroatoms. The molecule has 4 aromatic carbocycles. The Bertz CT molecular complexity index is 1710. The van der Waals surface area contributed by atoms with E-state index in [0.29, 0.717) is 39.0 Å². The largest absolute Gasteiger partial charge is 0.465 e. The maximum Gasteiger partial charge on any atom is 0.307 e. The van der Waals surface area contributed by atoms with Gasteiger partial charge in [0.2, 0.25) is 0 Å². The molecule has 0 aliphatic rings. The molecule has 0 fully saturated rings. The van der Waals surface area contributed by atoms with Gasteiger partial charge in [-0.2, -0.15) is 0 Å². The van der Waals surface area contributed by atoms with Crippen LogP contribution < -0.4 is 19.6 Å². The number of hydrogen-bond donors (Lipinski definition) is 0. The zero-order chi connectivity index (χ0) is 46.9. The van der Waals surface area contributed by atoms with Gasteiger partial charge in [0.25, 0.3) is 0 Å². The molecule has 4 rings (SSSR count). The molecule has 4 aromatic rings. The van der Waals surface area contributed by atoms with Crippen LogP contribution in [-0.2, 0) is 42.9 Å². The van der Waals surface area contributed by atoms with Gasteiger partial charge in [0.15, 0.2) is 0 Å². The van der Waals surface area contributed by atoms with E-state index in [4.69, 9.17) is 23.7 Å². The molecular weight excluding hydrogens is 825 g/mol. The molecule has 0 heterocycles. The lowest BCUT2D eigenvalue weighted by molar-refractivity contribution is -0.163. The third kappa shape index (κ3) is 18.0. The van der Waals surface area contributed by atoms with E-state index >= 15 is 0 Å². The van der Waals surface area contributed by atoms with Crippen molar-refractivity contribution in [2.75, 3.05) is 114 Å². The van der Waals surface area contributed by atoms with E-state index in [9.17, 15) is 19.2 Å². The lowest BCUT2D eigenvalue weighted by Crippen LogP contribution is -2.43. The minimum atomic E-state index is -0.915. The Morgan fingerprint density at radius 1 is 0.446 bits per heavy atom. The fourth-order valence-electron chi connectivity index (χ4n) is 6.73. The summed E-state index contributed by atoms with van der Waals surface area (Å²) < 4.78 is 30.1. The zero-order valence-corrected chi connectivity index (χ0v) is 39.2. The minimum absolute atomic E-state index is 0.0378. The van der Waals surface area contributed by atoms with E-state index in [-0.39, 0.29) is 65.3 Å². The van der Waals surface area contributed by atoms with Crippen LogP contribution in [0.25, 0.3) is 0 Å². The zero-order valence-electron chi connectivity index (χ0n) is 39.2. The van der Waals surface area contributed by atoms with Gasteiger partial charge in [-0.15, -0.1) is 0 Å². The van der Waals surface area contributed by atoms with Gasteiger partial charge >= 0.3 is 23.9 Å². The van der Waals surface area contributed by atoms with Gasteiger partial charge in [-0.25, -0.2) is 0 Å². The van der Waals surface area contributed by atoms with Gasteiger partial charge < -0.3 is 43.3 Å². The summed E-state index contributed by atoms with van der Waals surface area (Å²) in [5.74, 6) is -1.60. The molecule has 0 aliphatic carbocycles. The van der Waals surface area contributed by atoms with Crippen molar-refractivity contribution >= 4 is 46.6 Å². The fraction of sp³-hybridized carbons (Fsp3) is 0.462. The number of esters is 4. The molecule has 350 valence electrons. The van der Waals surface area contributed by atoms with E-state index in [1.807, 2.05) is 165 Å². The maximum absolute atomic E-state index is 13.2. The van der Waals surface area contributed by atoms with E-state index in [1.54, 1.807) is 6.07 Å². The number of anilines is 4. The molecular formula is C52H68N4O9. The fourth-order valence-corrected chi connectivity index (χ4v) is 6.73. The van der Waals surface area contributed by atoms with E-state index in [1.165, 1.54) is 0 Å². The number of carbonyl (C=O) groups is 4. The number of rotatable bonds is 30. The molecule has 0 aliphatic heterocycles. The molecule has 0 radical (unpaired) electrons. The topological polar surface area (TPSA) is 127 Å². The quantitative estimate of drug-likeness (QED) is 0.0376. The lowest BCUT2D eigenvalue weighted by Gasteiger charge is -2.35. The normalized spacial score (nSPS) is 11.2. The highest BCUT2D eigenvalue weighted by Crippen LogP contribution is 2.29. The molecule has 65 heavy (non-hydrogen) atoms. The number of nitrogens with zero attached hydrogens (tertiary/aromatic N) is 4. The predicted molar refractivity (Wildman–Crippen MR) is 255 cm³/mol. The first-order valence-corrected chi connectivity index (χ1v) is 22.4. The SMILES string of the molecule is CCC(COCC(CC)(COC(=O)CCN(C)c1ccccc1)COC(=O)CCN(C)c1ccccc1)(COC(=O)CCN(C)c1c#cccc1)COC(=O)CCN(C)c1ccccc1. The second-order valence-electron chi connectivity index (χ2n) is 16.7. The highest BCUT2D eigenvalue weighted by Gasteiger charge is 2.37. The summed E-state index contributed by atoms with van der Waals surface area (Å²) in [6.45, 7) is 5.42. The number of hydrogen-bond acceptors (Lipinski definition) is 13. The first-order chi connectivity index (χ1) is 31.4. The van der Waals surface area contributed by atoms with Crippen molar-refractivity contribution in [2.24, 2.45) is 10.8 Å². The first kappa shape index (κ1) is 51.4. The Morgan fingerprint density at radius 3 is 1.06 bits per heavy atom. The summed E-state index contributed by atoms with van der Waals surface area (Å²) in [6, 6.07) is 40.8. The first-order valence-electron chi connectivity index (χ1n) is 22.4. The molecule has 13 nitrogen and oxygen atoms in total. The smallest absolute Gasteiger partial charge is 0.307 e. The number of ether oxygens (including phenoxy) is 5. The Labute approximate surface area is 386 Å². The average Bonchev–Trinajstić information content (AvgIpc) is 3.35. The Morgan fingerprint density at radius 2 is 0.769 bits per heavy atom. The average molecular weight is 893 g/mol. The van der Waals surface area contributed by atoms with Crippen LogP contribution in [0, 0.1) is 23.0 Å². The molecule has 0 saturated heterocycles. The van der Waals surface area contributed by atoms with Crippen molar-refractivity contribution < 1.29 is 42.9 Å². The molecule has 0 saturated carbocycles. The van der Waals surface area contributed by atoms with Crippen molar-refractivity contribution in [3.8, 4) is 0 Å². The monoisotopic (exact) mass is 892 g/mol. The molecule has 0 N–H and O–H groups in total. The summed E-state index contributed by atoms with van der Waals surface area (Å²) in [4.78, 5) is 60.7. The van der Waals surface area contributed by atoms with E-state index in [2.05, 4.69) is 12.1 Å². The van der Waals surface area contributed by atoms with Crippen LogP contribution in [0.4, 0.5) is 22.7 Å². The van der Waals surface area contributed by atoms with E-state index in [0.717, 1.165) is 22.7 Å². The molecule has 0 spiro atoms. The van der Waals surface area contributed by atoms with Gasteiger partial charge in [-0.05, 0) is 67.4 Å². The third-order valence-electron chi connectivity index (χ3n) is 11.7. The summed E-state index contributed by atoms with van der Waals surface area (Å²) in [5, 5.41) is 0. The van der Waals surface area contributed by atoms with Crippen molar-refractivity contribution in [2.45, 2.75) is 52.4 Å². The van der Waals surface area contributed by atoms with Crippen molar-refractivity contribution in [1.82, 2.24) is 0 Å². The Kier molecular flexibility index (Phi) is 21.5. The lowest BCUT2D eigenvalue weighted by atomic mass is 9.86. The van der Waals surface area contributed by atoms with Crippen LogP contribution in [0.3, 0.4) is 0 Å². The number of benzene rings is 3. The van der Waals surface area contributed by atoms with Gasteiger partial charge in [-0.1, -0.05) is 80.6 Å². The van der Waals surface area contributed by atoms with Gasteiger partial charge in [0.1, 0.15) is 26.4 Å². The summed E-state index contributed by atoms with van der Waals surface area (Å²) in [5.41, 5.74) is 1.92. The predicted octanol–water partition coefficient (Wildman–Crippen LogP) is 7.67. The second kappa shape index (κ2) is 27.2. The Balaban J connectivity index is 1.44. The van der Waals surface area contributed by atoms with Crippen LogP contribution in [0.2, 0.25) is 0 Å². The Hall–Kier alpha value is -6.26. The van der Waals surface area contributed by atoms with Crippen LogP contribution in [0.1, 0.15) is 52.4 Å². The van der Waals surface area contributed by atoms with Crippen molar-refractivity contribution in [3.63, 3.8) is 0 Å². The maximum atomic E-state index is 13.2. The van der Waals surface area contributed by atoms with Crippen molar-refractivity contribution in [3.05, 3.63) is 121 Å². The van der Waals surface area contributed by atoms with Crippen LogP contribution in [0.5, 0.6) is 0 Å². The highest BCUT2D eigenvalue weighted by atomic mass is 16.6. The summed E-state index contributed by atoms with van der Waals surface area (Å²) >= 11 is 0. The molecule has 0 bridgehead atoms. The standard InChI is InChI=1S/C52H68N4O9/c1-7-51(39-62-47(57)29-33-53(3)43-21-13-9-14-22-43,40-63-48(58)30-34-54(4)44-23-15-10-16-24-44)37-61-38-52(8-2,41-64-49(59)31-35-55(5)45-25-17-11-18-26-45)42-65-50(60)32-36-56(6)46-27-19-12-20-28-46/h9-19,21-27H,7-8,29-42H2,1-6H3. The number of para-hydroxylation sites is 3. The van der Waals surface area contributed by atoms with Crippen LogP contribution in [0.15, 0.2) is 109 Å². The third-order valence-corrected chi connectivity index (χ3v) is 11.7. The van der Waals surface area contributed by atoms with Crippen LogP contribution >= 0.6 is 0 Å². The molecule has 1 unspecified atom stereocenters. The van der Waals surface area contributed by atoms with E-state index < -0.39 is 34.7 Å². The van der Waals surface area contributed by atoms with Gasteiger partial charge in [0, 0.05) is 71.4 Å². The van der Waals surface area contributed by atoms with Crippen LogP contribution in [-0.4, -0.2) is 118 Å². The van der Waals surface area contributed by atoms with Gasteiger partial charge in [0.05, 0.1) is 55.4 Å². The second-order valence-corrected chi connectivity index (χ2v) is 16.7. The highest BCUT2D eigenvalue weighted by molar-refractivity contribution is 5.72. The van der Waals surface area contributed by atoms with Gasteiger partial charge in [-0.3, -0.25) is 19.2 Å².